The molecule has 15 heavy (non-hydrogen) atoms. The van der Waals surface area contributed by atoms with Crippen LogP contribution in [0.25, 0.3) is 0 Å². The Balaban J connectivity index is 3.17. The van der Waals surface area contributed by atoms with Crippen LogP contribution in [0.15, 0.2) is 24.3 Å². The number of hydrogen-bond donors (Lipinski definition) is 1. The average Bonchev–Trinajstić information content (AvgIpc) is 2.19. The molecule has 0 amide bonds. The number of nitrogens with two attached hydrogens (primary N) is 1. The van der Waals surface area contributed by atoms with E-state index in [4.69, 9.17) is 10.5 Å². The van der Waals surface area contributed by atoms with Crippen molar-refractivity contribution in [2.45, 2.75) is 12.3 Å². The van der Waals surface area contributed by atoms with Crippen molar-refractivity contribution in [2.24, 2.45) is 5.73 Å². The smallest absolute Gasteiger partial charge is 0.375 e. The molecule has 0 aliphatic rings. The SMILES string of the molecule is COC(CN)c1ccccc1C(F)(F)F. The Labute approximate surface area is 85.8 Å². The molecule has 0 aliphatic heterocycles. The van der Waals surface area contributed by atoms with Crippen LogP contribution in [-0.2, 0) is 10.9 Å². The van der Waals surface area contributed by atoms with Crippen LogP contribution in [0, 0.1) is 0 Å². The van der Waals surface area contributed by atoms with Crippen molar-refractivity contribution in [3.05, 3.63) is 35.4 Å². The summed E-state index contributed by atoms with van der Waals surface area (Å²) in [6.07, 6.45) is -5.09. The Morgan fingerprint density at radius 3 is 2.40 bits per heavy atom. The fraction of sp³-hybridized carbons (Fsp3) is 0.400. The van der Waals surface area contributed by atoms with Gasteiger partial charge >= 0.3 is 6.18 Å². The summed E-state index contributed by atoms with van der Waals surface area (Å²) in [7, 11) is 1.34. The molecule has 0 bridgehead atoms. The van der Waals surface area contributed by atoms with Crippen molar-refractivity contribution in [2.75, 3.05) is 13.7 Å². The van der Waals surface area contributed by atoms with Crippen molar-refractivity contribution >= 4 is 0 Å². The van der Waals surface area contributed by atoms with Gasteiger partial charge in [-0.3, -0.25) is 0 Å². The Morgan fingerprint density at radius 2 is 1.93 bits per heavy atom. The number of alkyl halides is 3. The third-order valence-electron chi connectivity index (χ3n) is 2.11. The molecular formula is C10H12F3NO. The van der Waals surface area contributed by atoms with E-state index < -0.39 is 17.8 Å². The molecule has 84 valence electrons. The highest BCUT2D eigenvalue weighted by Crippen LogP contribution is 2.34. The first-order valence-electron chi connectivity index (χ1n) is 4.39. The Morgan fingerprint density at radius 1 is 1.33 bits per heavy atom. The molecular weight excluding hydrogens is 207 g/mol. The van der Waals surface area contributed by atoms with Gasteiger partial charge < -0.3 is 10.5 Å². The number of ether oxygens (including phenoxy) is 1. The minimum atomic E-state index is -4.37. The monoisotopic (exact) mass is 219 g/mol. The normalized spacial score (nSPS) is 13.9. The van der Waals surface area contributed by atoms with Crippen LogP contribution < -0.4 is 5.73 Å². The molecule has 2 N–H and O–H groups in total. The number of hydrogen-bond acceptors (Lipinski definition) is 2. The number of benzene rings is 1. The van der Waals surface area contributed by atoms with Crippen molar-refractivity contribution in [3.63, 3.8) is 0 Å². The molecule has 0 radical (unpaired) electrons. The van der Waals surface area contributed by atoms with E-state index in [2.05, 4.69) is 0 Å². The summed E-state index contributed by atoms with van der Waals surface area (Å²) in [6.45, 7) is 0.0175. The maximum absolute atomic E-state index is 12.6. The third kappa shape index (κ3) is 2.70. The molecule has 0 spiro atoms. The predicted octanol–water partition coefficient (Wildman–Crippen LogP) is 2.35. The summed E-state index contributed by atoms with van der Waals surface area (Å²) in [5.41, 5.74) is 4.72. The lowest BCUT2D eigenvalue weighted by Gasteiger charge is -2.18. The molecule has 0 aliphatic carbocycles. The van der Waals surface area contributed by atoms with Crippen LogP contribution in [-0.4, -0.2) is 13.7 Å². The third-order valence-corrected chi connectivity index (χ3v) is 2.11. The Hall–Kier alpha value is -1.07. The van der Waals surface area contributed by atoms with Crippen molar-refractivity contribution in [1.29, 1.82) is 0 Å². The van der Waals surface area contributed by atoms with Crippen LogP contribution in [0.2, 0.25) is 0 Å². The lowest BCUT2D eigenvalue weighted by molar-refractivity contribution is -0.139. The van der Waals surface area contributed by atoms with E-state index in [-0.39, 0.29) is 12.1 Å². The summed E-state index contributed by atoms with van der Waals surface area (Å²) in [4.78, 5) is 0. The number of rotatable bonds is 3. The fourth-order valence-corrected chi connectivity index (χ4v) is 1.39. The first kappa shape index (κ1) is 12.0. The van der Waals surface area contributed by atoms with Crippen LogP contribution in [0.5, 0.6) is 0 Å². The van der Waals surface area contributed by atoms with Gasteiger partial charge in [0.25, 0.3) is 0 Å². The topological polar surface area (TPSA) is 35.2 Å². The minimum Gasteiger partial charge on any atom is -0.375 e. The summed E-state index contributed by atoms with van der Waals surface area (Å²) in [6, 6.07) is 5.28. The van der Waals surface area contributed by atoms with Crippen molar-refractivity contribution in [1.82, 2.24) is 0 Å². The van der Waals surface area contributed by atoms with E-state index in [1.807, 2.05) is 0 Å². The van der Waals surface area contributed by atoms with Gasteiger partial charge in [-0.15, -0.1) is 0 Å². The lowest BCUT2D eigenvalue weighted by Crippen LogP contribution is -2.19. The number of methoxy groups -OCH3 is 1. The average molecular weight is 219 g/mol. The first-order chi connectivity index (χ1) is 7.00. The van der Waals surface area contributed by atoms with Crippen molar-refractivity contribution in [3.8, 4) is 0 Å². The van der Waals surface area contributed by atoms with E-state index in [1.165, 1.54) is 25.3 Å². The largest absolute Gasteiger partial charge is 0.416 e. The number of halogens is 3. The quantitative estimate of drug-likeness (QED) is 0.846. The maximum atomic E-state index is 12.6. The zero-order valence-corrected chi connectivity index (χ0v) is 8.21. The van der Waals surface area contributed by atoms with Crippen LogP contribution in [0.3, 0.4) is 0 Å². The van der Waals surface area contributed by atoms with Crippen molar-refractivity contribution < 1.29 is 17.9 Å². The molecule has 0 saturated carbocycles. The molecule has 0 saturated heterocycles. The van der Waals surface area contributed by atoms with Gasteiger partial charge in [0, 0.05) is 13.7 Å². The Kier molecular flexibility index (Phi) is 3.71. The van der Waals surface area contributed by atoms with E-state index in [9.17, 15) is 13.2 Å². The summed E-state index contributed by atoms with van der Waals surface area (Å²) < 4.78 is 42.7. The second-order valence-electron chi connectivity index (χ2n) is 3.05. The zero-order chi connectivity index (χ0) is 11.5. The summed E-state index contributed by atoms with van der Waals surface area (Å²) in [5.74, 6) is 0. The highest BCUT2D eigenvalue weighted by Gasteiger charge is 2.34. The first-order valence-corrected chi connectivity index (χ1v) is 4.39. The van der Waals surface area contributed by atoms with Crippen LogP contribution in [0.1, 0.15) is 17.2 Å². The maximum Gasteiger partial charge on any atom is 0.416 e. The molecule has 0 heterocycles. The van der Waals surface area contributed by atoms with Gasteiger partial charge in [-0.1, -0.05) is 18.2 Å². The standard InChI is InChI=1S/C10H12F3NO/c1-15-9(6-14)7-4-2-3-5-8(7)10(11,12)13/h2-5,9H,6,14H2,1H3. The molecule has 1 rings (SSSR count). The second kappa shape index (κ2) is 4.63. The summed E-state index contributed by atoms with van der Waals surface area (Å²) >= 11 is 0. The van der Waals surface area contributed by atoms with Crippen LogP contribution in [0.4, 0.5) is 13.2 Å². The van der Waals surface area contributed by atoms with E-state index in [0.717, 1.165) is 6.07 Å². The van der Waals surface area contributed by atoms with E-state index >= 15 is 0 Å². The van der Waals surface area contributed by atoms with Gasteiger partial charge in [-0.2, -0.15) is 13.2 Å². The zero-order valence-electron chi connectivity index (χ0n) is 8.21. The van der Waals surface area contributed by atoms with Gasteiger partial charge in [-0.25, -0.2) is 0 Å². The van der Waals surface area contributed by atoms with Gasteiger partial charge in [0.1, 0.15) is 0 Å². The molecule has 1 aromatic carbocycles. The molecule has 5 heteroatoms. The highest BCUT2D eigenvalue weighted by molar-refractivity contribution is 5.31. The van der Waals surface area contributed by atoms with Gasteiger partial charge in [-0.05, 0) is 11.6 Å². The molecule has 1 unspecified atom stereocenters. The predicted molar refractivity (Wildman–Crippen MR) is 50.2 cm³/mol. The lowest BCUT2D eigenvalue weighted by atomic mass is 10.0. The minimum absolute atomic E-state index is 0.0175. The van der Waals surface area contributed by atoms with Gasteiger partial charge in [0.05, 0.1) is 11.7 Å². The highest BCUT2D eigenvalue weighted by atomic mass is 19.4. The fourth-order valence-electron chi connectivity index (χ4n) is 1.39. The van der Waals surface area contributed by atoms with Crippen LogP contribution >= 0.6 is 0 Å². The molecule has 0 fully saturated rings. The molecule has 0 aromatic heterocycles. The van der Waals surface area contributed by atoms with E-state index in [0.29, 0.717) is 0 Å². The molecule has 1 aromatic rings. The van der Waals surface area contributed by atoms with Gasteiger partial charge in [0.15, 0.2) is 0 Å². The molecule has 2 nitrogen and oxygen atoms in total. The second-order valence-corrected chi connectivity index (χ2v) is 3.05. The van der Waals surface area contributed by atoms with Gasteiger partial charge in [0.2, 0.25) is 0 Å². The van der Waals surface area contributed by atoms with E-state index in [1.54, 1.807) is 0 Å². The molecule has 1 atom stereocenters. The Bertz CT molecular complexity index is 321. The summed E-state index contributed by atoms with van der Waals surface area (Å²) in [5, 5.41) is 0.